The predicted molar refractivity (Wildman–Crippen MR) is 135 cm³/mol. The summed E-state index contributed by atoms with van der Waals surface area (Å²) in [4.78, 5) is 12.8. The first-order valence-electron chi connectivity index (χ1n) is 10.9. The third-order valence-corrected chi connectivity index (χ3v) is 7.03. The highest BCUT2D eigenvalue weighted by Crippen LogP contribution is 2.26. The first-order chi connectivity index (χ1) is 16.2. The summed E-state index contributed by atoms with van der Waals surface area (Å²) >= 11 is 0. The Hall–Kier alpha value is -3.65. The predicted octanol–water partition coefficient (Wildman–Crippen LogP) is 4.47. The summed E-state index contributed by atoms with van der Waals surface area (Å²) in [6.45, 7) is 5.58. The van der Waals surface area contributed by atoms with E-state index < -0.39 is 22.5 Å². The largest absolute Gasteiger partial charge is 0.497 e. The molecule has 0 bridgehead atoms. The van der Waals surface area contributed by atoms with Gasteiger partial charge in [-0.05, 0) is 60.4 Å². The van der Waals surface area contributed by atoms with Crippen LogP contribution in [0.1, 0.15) is 36.5 Å². The van der Waals surface area contributed by atoms with Gasteiger partial charge in [0.2, 0.25) is 0 Å². The molecule has 1 N–H and O–H groups in total. The Morgan fingerprint density at radius 3 is 2.35 bits per heavy atom. The van der Waals surface area contributed by atoms with Crippen molar-refractivity contribution in [2.45, 2.75) is 31.6 Å². The fourth-order valence-electron chi connectivity index (χ4n) is 3.24. The number of nitrogens with one attached hydrogen (secondary N) is 1. The van der Waals surface area contributed by atoms with Gasteiger partial charge in [-0.2, -0.15) is 5.10 Å². The van der Waals surface area contributed by atoms with Gasteiger partial charge >= 0.3 is 0 Å². The van der Waals surface area contributed by atoms with Gasteiger partial charge in [-0.3, -0.25) is 9.10 Å². The van der Waals surface area contributed by atoms with Crippen molar-refractivity contribution < 1.29 is 17.9 Å². The number of aryl methyl sites for hydroxylation is 1. The fraction of sp³-hybridized carbons (Fsp3) is 0.231. The quantitative estimate of drug-likeness (QED) is 0.362. The van der Waals surface area contributed by atoms with Crippen LogP contribution in [0.4, 0.5) is 5.69 Å². The Balaban J connectivity index is 1.85. The normalized spacial score (nSPS) is 11.6. The number of nitrogens with zero attached hydrogens (tertiary/aromatic N) is 2. The molecule has 7 nitrogen and oxygen atoms in total. The SMILES string of the molecule is COc1cccc(/C=N\NC(=O)CN(c2ccc(C(C)C)cc2)S(=O)(=O)c2ccc(C)cc2)c1. The molecule has 8 heteroatoms. The Morgan fingerprint density at radius 2 is 1.74 bits per heavy atom. The van der Waals surface area contributed by atoms with Crippen molar-refractivity contribution in [3.05, 3.63) is 89.5 Å². The zero-order chi connectivity index (χ0) is 24.7. The third-order valence-electron chi connectivity index (χ3n) is 5.24. The van der Waals surface area contributed by atoms with E-state index in [9.17, 15) is 13.2 Å². The second-order valence-corrected chi connectivity index (χ2v) is 10.0. The van der Waals surface area contributed by atoms with Gasteiger partial charge in [0.1, 0.15) is 12.3 Å². The number of benzene rings is 3. The molecular weight excluding hydrogens is 450 g/mol. The van der Waals surface area contributed by atoms with Crippen molar-refractivity contribution in [1.29, 1.82) is 0 Å². The number of carbonyl (C=O) groups is 1. The van der Waals surface area contributed by atoms with E-state index in [2.05, 4.69) is 24.4 Å². The summed E-state index contributed by atoms with van der Waals surface area (Å²) in [5, 5.41) is 3.97. The Bertz CT molecular complexity index is 1250. The van der Waals surface area contributed by atoms with Crippen LogP contribution in [0.5, 0.6) is 5.75 Å². The number of sulfonamides is 1. The molecule has 178 valence electrons. The molecule has 34 heavy (non-hydrogen) atoms. The highest BCUT2D eigenvalue weighted by Gasteiger charge is 2.27. The van der Waals surface area contributed by atoms with E-state index in [1.807, 2.05) is 25.1 Å². The molecule has 0 saturated carbocycles. The number of amides is 1. The topological polar surface area (TPSA) is 88.1 Å². The smallest absolute Gasteiger partial charge is 0.264 e. The molecule has 0 aliphatic rings. The van der Waals surface area contributed by atoms with Crippen LogP contribution in [-0.2, 0) is 14.8 Å². The van der Waals surface area contributed by atoms with Crippen LogP contribution < -0.4 is 14.5 Å². The Morgan fingerprint density at radius 1 is 1.06 bits per heavy atom. The molecule has 3 aromatic rings. The summed E-state index contributed by atoms with van der Waals surface area (Å²) in [6.07, 6.45) is 1.47. The lowest BCUT2D eigenvalue weighted by molar-refractivity contribution is -0.119. The van der Waals surface area contributed by atoms with Gasteiger partial charge in [0.05, 0.1) is 23.9 Å². The summed E-state index contributed by atoms with van der Waals surface area (Å²) in [6, 6.07) is 20.9. The molecule has 3 rings (SSSR count). The number of carbonyl (C=O) groups excluding carboxylic acids is 1. The van der Waals surface area contributed by atoms with E-state index in [0.29, 0.717) is 17.4 Å². The van der Waals surface area contributed by atoms with Crippen LogP contribution in [0.15, 0.2) is 82.8 Å². The number of hydrogen-bond donors (Lipinski definition) is 1. The second kappa shape index (κ2) is 11.0. The molecule has 1 amide bonds. The van der Waals surface area contributed by atoms with Crippen LogP contribution in [0.3, 0.4) is 0 Å². The zero-order valence-electron chi connectivity index (χ0n) is 19.7. The van der Waals surface area contributed by atoms with Crippen molar-refractivity contribution in [2.75, 3.05) is 18.0 Å². The lowest BCUT2D eigenvalue weighted by Crippen LogP contribution is -2.39. The van der Waals surface area contributed by atoms with E-state index in [0.717, 1.165) is 21.0 Å². The molecule has 0 fully saturated rings. The Labute approximate surface area is 201 Å². The number of ether oxygens (including phenoxy) is 1. The van der Waals surface area contributed by atoms with Crippen LogP contribution in [-0.4, -0.2) is 34.2 Å². The van der Waals surface area contributed by atoms with Crippen LogP contribution in [0, 0.1) is 6.92 Å². The molecule has 3 aromatic carbocycles. The van der Waals surface area contributed by atoms with Gasteiger partial charge in [-0.15, -0.1) is 0 Å². The molecule has 0 spiro atoms. The van der Waals surface area contributed by atoms with Crippen LogP contribution in [0.2, 0.25) is 0 Å². The van der Waals surface area contributed by atoms with E-state index in [1.165, 1.54) is 6.21 Å². The molecule has 0 radical (unpaired) electrons. The standard InChI is InChI=1S/C26H29N3O4S/c1-19(2)22-10-12-23(13-11-22)29(34(31,32)25-14-8-20(3)9-15-25)18-26(30)28-27-17-21-6-5-7-24(16-21)33-4/h5-17,19H,18H2,1-4H3,(H,28,30)/b27-17-. The van der Waals surface area contributed by atoms with E-state index in [1.54, 1.807) is 61.7 Å². The molecule has 0 aliphatic heterocycles. The van der Waals surface area contributed by atoms with Gasteiger partial charge < -0.3 is 4.74 Å². The lowest BCUT2D eigenvalue weighted by atomic mass is 10.0. The highest BCUT2D eigenvalue weighted by molar-refractivity contribution is 7.92. The second-order valence-electron chi connectivity index (χ2n) is 8.14. The van der Waals surface area contributed by atoms with Crippen LogP contribution >= 0.6 is 0 Å². The first kappa shape index (κ1) is 25.0. The van der Waals surface area contributed by atoms with Gasteiger partial charge in [0.15, 0.2) is 0 Å². The van der Waals surface area contributed by atoms with Crippen molar-refractivity contribution in [3.63, 3.8) is 0 Å². The van der Waals surface area contributed by atoms with E-state index >= 15 is 0 Å². The Kier molecular flexibility index (Phi) is 8.07. The third kappa shape index (κ3) is 6.23. The van der Waals surface area contributed by atoms with Crippen LogP contribution in [0.25, 0.3) is 0 Å². The molecule has 0 heterocycles. The maximum Gasteiger partial charge on any atom is 0.264 e. The molecule has 0 unspecified atom stereocenters. The minimum absolute atomic E-state index is 0.110. The maximum atomic E-state index is 13.5. The molecule has 0 atom stereocenters. The summed E-state index contributed by atoms with van der Waals surface area (Å²) in [7, 11) is -2.42. The first-order valence-corrected chi connectivity index (χ1v) is 12.3. The number of hydrogen-bond acceptors (Lipinski definition) is 5. The highest BCUT2D eigenvalue weighted by atomic mass is 32.2. The molecule has 0 saturated heterocycles. The zero-order valence-corrected chi connectivity index (χ0v) is 20.5. The number of methoxy groups -OCH3 is 1. The minimum atomic E-state index is -3.98. The summed E-state index contributed by atoms with van der Waals surface area (Å²) < 4.78 is 33.2. The van der Waals surface area contributed by atoms with E-state index in [4.69, 9.17) is 4.74 Å². The van der Waals surface area contributed by atoms with Crippen molar-refractivity contribution in [2.24, 2.45) is 5.10 Å². The number of rotatable bonds is 9. The maximum absolute atomic E-state index is 13.5. The summed E-state index contributed by atoms with van der Waals surface area (Å²) in [5.41, 5.74) is 5.56. The van der Waals surface area contributed by atoms with Gasteiger partial charge in [0, 0.05) is 0 Å². The number of hydrazone groups is 1. The van der Waals surface area contributed by atoms with Gasteiger partial charge in [-0.1, -0.05) is 55.8 Å². The average Bonchev–Trinajstić information content (AvgIpc) is 2.83. The lowest BCUT2D eigenvalue weighted by Gasteiger charge is -2.24. The van der Waals surface area contributed by atoms with Crippen molar-refractivity contribution in [3.8, 4) is 5.75 Å². The molecule has 0 aromatic heterocycles. The summed E-state index contributed by atoms with van der Waals surface area (Å²) in [5.74, 6) is 0.392. The minimum Gasteiger partial charge on any atom is -0.497 e. The molecule has 0 aliphatic carbocycles. The van der Waals surface area contributed by atoms with Crippen molar-refractivity contribution >= 4 is 27.8 Å². The van der Waals surface area contributed by atoms with Gasteiger partial charge in [-0.25, -0.2) is 13.8 Å². The monoisotopic (exact) mass is 479 g/mol. The van der Waals surface area contributed by atoms with E-state index in [-0.39, 0.29) is 4.90 Å². The van der Waals surface area contributed by atoms with Crippen molar-refractivity contribution in [1.82, 2.24) is 5.43 Å². The van der Waals surface area contributed by atoms with Gasteiger partial charge in [0.25, 0.3) is 15.9 Å². The fourth-order valence-corrected chi connectivity index (χ4v) is 4.67. The number of anilines is 1. The average molecular weight is 480 g/mol. The molecular formula is C26H29N3O4S.